The number of methoxy groups -OCH3 is 1. The lowest BCUT2D eigenvalue weighted by Gasteiger charge is -2.34. The molecule has 1 aliphatic carbocycles. The molecule has 1 aromatic rings. The summed E-state index contributed by atoms with van der Waals surface area (Å²) < 4.78 is 11.1. The van der Waals surface area contributed by atoms with Gasteiger partial charge in [-0.1, -0.05) is 26.8 Å². The van der Waals surface area contributed by atoms with Gasteiger partial charge in [-0.3, -0.25) is 4.90 Å². The molecule has 1 fully saturated rings. The monoisotopic (exact) mass is 329 g/mol. The summed E-state index contributed by atoms with van der Waals surface area (Å²) in [5, 5.41) is 0. The predicted octanol–water partition coefficient (Wildman–Crippen LogP) is 4.94. The summed E-state index contributed by atoms with van der Waals surface area (Å²) in [5.41, 5.74) is 2.09. The highest BCUT2D eigenvalue weighted by Gasteiger charge is 2.49. The average molecular weight is 329 g/mol. The molecule has 2 aliphatic rings. The van der Waals surface area contributed by atoms with Gasteiger partial charge in [0.2, 0.25) is 0 Å². The lowest BCUT2D eigenvalue weighted by Crippen LogP contribution is -2.43. The van der Waals surface area contributed by atoms with Crippen molar-refractivity contribution in [3.8, 4) is 5.75 Å². The van der Waals surface area contributed by atoms with E-state index in [2.05, 4.69) is 26.8 Å². The van der Waals surface area contributed by atoms with E-state index in [4.69, 9.17) is 9.47 Å². The van der Waals surface area contributed by atoms with E-state index < -0.39 is 0 Å². The van der Waals surface area contributed by atoms with Gasteiger partial charge in [0.1, 0.15) is 11.9 Å². The van der Waals surface area contributed by atoms with Gasteiger partial charge in [0.25, 0.3) is 0 Å². The van der Waals surface area contributed by atoms with Gasteiger partial charge in [0.15, 0.2) is 0 Å². The molecule has 130 valence electrons. The molecular weight excluding hydrogens is 302 g/mol. The van der Waals surface area contributed by atoms with Gasteiger partial charge in [-0.2, -0.15) is 0 Å². The van der Waals surface area contributed by atoms with Crippen molar-refractivity contribution in [1.82, 2.24) is 0 Å². The summed E-state index contributed by atoms with van der Waals surface area (Å²) in [6.45, 7) is 6.41. The molecule has 0 saturated carbocycles. The molecule has 0 aromatic heterocycles. The van der Waals surface area contributed by atoms with Gasteiger partial charge >= 0.3 is 6.09 Å². The number of ether oxygens (including phenoxy) is 2. The molecule has 0 radical (unpaired) electrons. The second-order valence-corrected chi connectivity index (χ2v) is 7.71. The van der Waals surface area contributed by atoms with Crippen molar-refractivity contribution < 1.29 is 14.3 Å². The molecule has 1 heterocycles. The molecule has 4 nitrogen and oxygen atoms in total. The van der Waals surface area contributed by atoms with Crippen LogP contribution in [0.25, 0.3) is 0 Å². The Hall–Kier alpha value is -1.97. The maximum atomic E-state index is 12.7. The summed E-state index contributed by atoms with van der Waals surface area (Å²) in [6, 6.07) is 7.62. The van der Waals surface area contributed by atoms with Crippen molar-refractivity contribution >= 4 is 11.8 Å². The molecular formula is C20H27NO3. The fourth-order valence-corrected chi connectivity index (χ4v) is 3.63. The van der Waals surface area contributed by atoms with Crippen LogP contribution in [0.5, 0.6) is 5.75 Å². The molecule has 4 heteroatoms. The number of rotatable bonds is 3. The van der Waals surface area contributed by atoms with Crippen LogP contribution in [-0.4, -0.2) is 25.3 Å². The molecule has 1 saturated heterocycles. The summed E-state index contributed by atoms with van der Waals surface area (Å²) >= 11 is 0. The Kier molecular flexibility index (Phi) is 4.57. The van der Waals surface area contributed by atoms with Crippen molar-refractivity contribution in [2.45, 2.75) is 58.6 Å². The maximum Gasteiger partial charge on any atom is 0.415 e. The lowest BCUT2D eigenvalue weighted by atomic mass is 9.79. The van der Waals surface area contributed by atoms with E-state index in [-0.39, 0.29) is 23.7 Å². The molecule has 0 spiro atoms. The van der Waals surface area contributed by atoms with Gasteiger partial charge < -0.3 is 9.47 Å². The van der Waals surface area contributed by atoms with Crippen LogP contribution in [0.4, 0.5) is 10.5 Å². The number of hydrogen-bond acceptors (Lipinski definition) is 3. The van der Waals surface area contributed by atoms with Crippen molar-refractivity contribution in [3.63, 3.8) is 0 Å². The van der Waals surface area contributed by atoms with Gasteiger partial charge in [-0.05, 0) is 55.5 Å². The molecule has 1 aromatic carbocycles. The topological polar surface area (TPSA) is 38.8 Å². The predicted molar refractivity (Wildman–Crippen MR) is 95.5 cm³/mol. The van der Waals surface area contributed by atoms with E-state index in [1.54, 1.807) is 7.11 Å². The van der Waals surface area contributed by atoms with Crippen LogP contribution < -0.4 is 9.64 Å². The van der Waals surface area contributed by atoms with Crippen LogP contribution in [0.1, 0.15) is 46.5 Å². The number of hydrogen-bond donors (Lipinski definition) is 0. The third kappa shape index (κ3) is 3.14. The fourth-order valence-electron chi connectivity index (χ4n) is 3.63. The van der Waals surface area contributed by atoms with Crippen molar-refractivity contribution in [2.75, 3.05) is 12.0 Å². The van der Waals surface area contributed by atoms with Crippen molar-refractivity contribution in [3.05, 3.63) is 35.9 Å². The second-order valence-electron chi connectivity index (χ2n) is 7.71. The number of carbonyl (C=O) groups excluding carboxylic acids is 1. The number of benzene rings is 1. The van der Waals surface area contributed by atoms with Gasteiger partial charge in [0, 0.05) is 11.1 Å². The summed E-state index contributed by atoms with van der Waals surface area (Å²) in [7, 11) is 1.64. The first kappa shape index (κ1) is 16.9. The highest BCUT2D eigenvalue weighted by molar-refractivity contribution is 5.91. The first-order valence-electron chi connectivity index (χ1n) is 8.74. The standard InChI is InChI=1S/C20H27NO3/c1-20(2,3)18-17(14-8-6-5-7-9-14)21(19(22)24-18)15-10-12-16(23-4)13-11-15/h8,10-13,17-18H,5-7,9H2,1-4H3/t17-,18+/m0/s1. The van der Waals surface area contributed by atoms with E-state index in [1.165, 1.54) is 18.4 Å². The Morgan fingerprint density at radius 3 is 2.42 bits per heavy atom. The minimum atomic E-state index is -0.253. The number of anilines is 1. The highest BCUT2D eigenvalue weighted by atomic mass is 16.6. The van der Waals surface area contributed by atoms with Crippen LogP contribution in [0.3, 0.4) is 0 Å². The third-order valence-corrected chi connectivity index (χ3v) is 4.90. The molecule has 0 unspecified atom stereocenters. The van der Waals surface area contributed by atoms with E-state index >= 15 is 0 Å². The molecule has 0 N–H and O–H groups in total. The van der Waals surface area contributed by atoms with Gasteiger partial charge in [-0.25, -0.2) is 4.79 Å². The fraction of sp³-hybridized carbons (Fsp3) is 0.550. The van der Waals surface area contributed by atoms with Crippen LogP contribution in [0, 0.1) is 5.41 Å². The largest absolute Gasteiger partial charge is 0.497 e. The molecule has 3 rings (SSSR count). The van der Waals surface area contributed by atoms with Gasteiger partial charge in [-0.15, -0.1) is 0 Å². The SMILES string of the molecule is COc1ccc(N2C(=O)O[C@@H](C(C)(C)C)[C@@H]2C2=CCCCC2)cc1. The highest BCUT2D eigenvalue weighted by Crippen LogP contribution is 2.41. The number of cyclic esters (lactones) is 1. The molecule has 1 aliphatic heterocycles. The van der Waals surface area contributed by atoms with Crippen LogP contribution in [0.2, 0.25) is 0 Å². The summed E-state index contributed by atoms with van der Waals surface area (Å²) in [4.78, 5) is 14.5. The Morgan fingerprint density at radius 2 is 1.88 bits per heavy atom. The first-order valence-corrected chi connectivity index (χ1v) is 8.74. The molecule has 1 amide bonds. The quantitative estimate of drug-likeness (QED) is 0.738. The Bertz CT molecular complexity index is 627. The molecule has 0 bridgehead atoms. The zero-order valence-corrected chi connectivity index (χ0v) is 15.0. The van der Waals surface area contributed by atoms with Crippen LogP contribution >= 0.6 is 0 Å². The Morgan fingerprint density at radius 1 is 1.17 bits per heavy atom. The summed E-state index contributed by atoms with van der Waals surface area (Å²) in [6.07, 6.45) is 6.46. The van der Waals surface area contributed by atoms with E-state index in [0.29, 0.717) is 0 Å². The van der Waals surface area contributed by atoms with E-state index in [9.17, 15) is 4.79 Å². The summed E-state index contributed by atoms with van der Waals surface area (Å²) in [5.74, 6) is 0.784. The minimum absolute atomic E-state index is 0.0220. The average Bonchev–Trinajstić information content (AvgIpc) is 2.93. The molecule has 24 heavy (non-hydrogen) atoms. The zero-order chi connectivity index (χ0) is 17.3. The number of carbonyl (C=O) groups is 1. The van der Waals surface area contributed by atoms with Crippen LogP contribution in [-0.2, 0) is 4.74 Å². The normalized spacial score (nSPS) is 24.6. The van der Waals surface area contributed by atoms with Crippen molar-refractivity contribution in [1.29, 1.82) is 0 Å². The number of nitrogens with zero attached hydrogens (tertiary/aromatic N) is 1. The van der Waals surface area contributed by atoms with E-state index in [1.807, 2.05) is 29.2 Å². The minimum Gasteiger partial charge on any atom is -0.497 e. The maximum absolute atomic E-state index is 12.7. The zero-order valence-electron chi connectivity index (χ0n) is 15.0. The third-order valence-electron chi connectivity index (χ3n) is 4.90. The molecule has 2 atom stereocenters. The smallest absolute Gasteiger partial charge is 0.415 e. The van der Waals surface area contributed by atoms with Crippen LogP contribution in [0.15, 0.2) is 35.9 Å². The second kappa shape index (κ2) is 6.50. The Labute approximate surface area is 144 Å². The first-order chi connectivity index (χ1) is 11.4. The number of allylic oxidation sites excluding steroid dienone is 1. The van der Waals surface area contributed by atoms with Gasteiger partial charge in [0.05, 0.1) is 13.2 Å². The lowest BCUT2D eigenvalue weighted by molar-refractivity contribution is 0.0608. The Balaban J connectivity index is 2.00. The van der Waals surface area contributed by atoms with E-state index in [0.717, 1.165) is 24.3 Å². The number of amides is 1. The van der Waals surface area contributed by atoms with Crippen molar-refractivity contribution in [2.24, 2.45) is 5.41 Å².